The molecule has 1 aromatic carbocycles. The summed E-state index contributed by atoms with van der Waals surface area (Å²) < 4.78 is 24.4. The van der Waals surface area contributed by atoms with Gasteiger partial charge in [0.1, 0.15) is 12.1 Å². The fraction of sp³-hybridized carbons (Fsp3) is 0.545. The summed E-state index contributed by atoms with van der Waals surface area (Å²) in [6, 6.07) is 8.90. The lowest BCUT2D eigenvalue weighted by atomic mass is 9.74. The van der Waals surface area contributed by atoms with Crippen molar-refractivity contribution < 1.29 is 13.7 Å². The van der Waals surface area contributed by atoms with Gasteiger partial charge >= 0.3 is 0 Å². The minimum atomic E-state index is -0.189. The summed E-state index contributed by atoms with van der Waals surface area (Å²) in [5.74, 6) is 0.712. The molecule has 2 aliphatic heterocycles. The highest BCUT2D eigenvalue weighted by atomic mass is 19.1. The molecule has 8 heteroatoms. The molecule has 0 bridgehead atoms. The van der Waals surface area contributed by atoms with E-state index in [0.717, 1.165) is 62.8 Å². The maximum absolute atomic E-state index is 13.9. The number of guanidine groups is 1. The first-order valence-electron chi connectivity index (χ1n) is 10.6. The number of ether oxygens (including phenoxy) is 1. The molecule has 0 radical (unpaired) electrons. The maximum Gasteiger partial charge on any atom is 0.193 e. The summed E-state index contributed by atoms with van der Waals surface area (Å²) in [7, 11) is 1.82. The summed E-state index contributed by atoms with van der Waals surface area (Å²) in [5.41, 5.74) is 1.85. The van der Waals surface area contributed by atoms with Crippen molar-refractivity contribution in [2.75, 3.05) is 53.0 Å². The third kappa shape index (κ3) is 4.82. The maximum atomic E-state index is 13.9. The van der Waals surface area contributed by atoms with E-state index in [1.165, 1.54) is 6.07 Å². The highest BCUT2D eigenvalue weighted by Gasteiger charge is 2.35. The zero-order chi connectivity index (χ0) is 20.8. The average molecular weight is 416 g/mol. The van der Waals surface area contributed by atoms with Crippen molar-refractivity contribution in [2.45, 2.75) is 24.8 Å². The number of hydrogen-bond donors (Lipinski definition) is 1. The lowest BCUT2D eigenvalue weighted by Crippen LogP contribution is -2.54. The molecule has 0 saturated carbocycles. The number of aromatic nitrogens is 1. The Balaban J connectivity index is 1.37. The van der Waals surface area contributed by atoms with Crippen LogP contribution in [0.25, 0.3) is 0 Å². The molecule has 7 nitrogen and oxygen atoms in total. The molecule has 0 unspecified atom stereocenters. The Morgan fingerprint density at radius 1 is 1.20 bits per heavy atom. The zero-order valence-electron chi connectivity index (χ0n) is 17.5. The molecule has 0 spiro atoms. The Kier molecular flexibility index (Phi) is 6.64. The van der Waals surface area contributed by atoms with Crippen LogP contribution in [0.2, 0.25) is 0 Å². The summed E-state index contributed by atoms with van der Waals surface area (Å²) in [6.45, 7) is 6.58. The van der Waals surface area contributed by atoms with Crippen LogP contribution in [-0.2, 0) is 16.7 Å². The standard InChI is InChI=1S/C22H30FN5O2/c1-24-21(28-10-8-27(9-11-28)16-20-5-12-30-26-20)25-17-22(6-13-29-14-7-22)18-3-2-4-19(23)15-18/h2-5,12,15H,6-11,13-14,16-17H2,1H3,(H,24,25). The van der Waals surface area contributed by atoms with Crippen molar-refractivity contribution >= 4 is 5.96 Å². The van der Waals surface area contributed by atoms with Gasteiger partial charge in [0.15, 0.2) is 5.96 Å². The molecule has 0 amide bonds. The van der Waals surface area contributed by atoms with E-state index in [1.807, 2.05) is 19.2 Å². The van der Waals surface area contributed by atoms with Crippen molar-refractivity contribution in [3.8, 4) is 0 Å². The van der Waals surface area contributed by atoms with Gasteiger partial charge in [-0.3, -0.25) is 9.89 Å². The molecule has 3 heterocycles. The topological polar surface area (TPSA) is 66.1 Å². The number of aliphatic imine (C=N–C) groups is 1. The smallest absolute Gasteiger partial charge is 0.193 e. The van der Waals surface area contributed by atoms with Gasteiger partial charge in [-0.2, -0.15) is 0 Å². The molecule has 0 aliphatic carbocycles. The lowest BCUT2D eigenvalue weighted by molar-refractivity contribution is 0.0509. The average Bonchev–Trinajstić information content (AvgIpc) is 3.29. The molecule has 2 aliphatic rings. The quantitative estimate of drug-likeness (QED) is 0.597. The summed E-state index contributed by atoms with van der Waals surface area (Å²) in [4.78, 5) is 9.18. The Morgan fingerprint density at radius 2 is 2.00 bits per heavy atom. The number of hydrogen-bond acceptors (Lipinski definition) is 5. The van der Waals surface area contributed by atoms with Gasteiger partial charge in [0.25, 0.3) is 0 Å². The van der Waals surface area contributed by atoms with Gasteiger partial charge in [-0.15, -0.1) is 0 Å². The molecule has 2 saturated heterocycles. The van der Waals surface area contributed by atoms with Crippen LogP contribution in [0.4, 0.5) is 4.39 Å². The first kappa shape index (κ1) is 20.8. The van der Waals surface area contributed by atoms with Gasteiger partial charge in [0.2, 0.25) is 0 Å². The Bertz CT molecular complexity index is 828. The summed E-state index contributed by atoms with van der Waals surface area (Å²) in [5, 5.41) is 7.58. The Labute approximate surface area is 176 Å². The minimum Gasteiger partial charge on any atom is -0.381 e. The number of piperazine rings is 1. The van der Waals surface area contributed by atoms with Crippen molar-refractivity contribution in [3.63, 3.8) is 0 Å². The number of nitrogens with zero attached hydrogens (tertiary/aromatic N) is 4. The molecule has 1 N–H and O–H groups in total. The van der Waals surface area contributed by atoms with E-state index in [1.54, 1.807) is 18.4 Å². The molecule has 30 heavy (non-hydrogen) atoms. The monoisotopic (exact) mass is 415 g/mol. The second-order valence-corrected chi connectivity index (χ2v) is 8.06. The molecule has 4 rings (SSSR count). The van der Waals surface area contributed by atoms with Crippen LogP contribution in [0.1, 0.15) is 24.1 Å². The SMILES string of the molecule is CN=C(NCC1(c2cccc(F)c2)CCOCC1)N1CCN(Cc2ccon2)CC1. The van der Waals surface area contributed by atoms with E-state index in [2.05, 4.69) is 25.3 Å². The van der Waals surface area contributed by atoms with E-state index in [4.69, 9.17) is 9.26 Å². The van der Waals surface area contributed by atoms with Crippen LogP contribution in [0.5, 0.6) is 0 Å². The summed E-state index contributed by atoms with van der Waals surface area (Å²) in [6.07, 6.45) is 3.35. The van der Waals surface area contributed by atoms with Gasteiger partial charge in [-0.05, 0) is 30.5 Å². The van der Waals surface area contributed by atoms with Crippen molar-refractivity contribution in [2.24, 2.45) is 4.99 Å². The molecule has 2 fully saturated rings. The van der Waals surface area contributed by atoms with Gasteiger partial charge in [-0.1, -0.05) is 17.3 Å². The highest BCUT2D eigenvalue weighted by Crippen LogP contribution is 2.34. The molecule has 0 atom stereocenters. The van der Waals surface area contributed by atoms with Crippen molar-refractivity contribution in [3.05, 3.63) is 53.7 Å². The normalized spacial score (nSPS) is 20.3. The van der Waals surface area contributed by atoms with E-state index < -0.39 is 0 Å². The Hall–Kier alpha value is -2.45. The fourth-order valence-electron chi connectivity index (χ4n) is 4.39. The third-order valence-electron chi connectivity index (χ3n) is 6.23. The first-order chi connectivity index (χ1) is 14.7. The predicted molar refractivity (Wildman–Crippen MR) is 113 cm³/mol. The second kappa shape index (κ2) is 9.57. The molecule has 2 aromatic rings. The van der Waals surface area contributed by atoms with Crippen LogP contribution < -0.4 is 5.32 Å². The number of rotatable bonds is 5. The van der Waals surface area contributed by atoms with E-state index >= 15 is 0 Å². The largest absolute Gasteiger partial charge is 0.381 e. The zero-order valence-corrected chi connectivity index (χ0v) is 17.5. The number of benzene rings is 1. The molecular formula is C22H30FN5O2. The Morgan fingerprint density at radius 3 is 2.67 bits per heavy atom. The molecular weight excluding hydrogens is 385 g/mol. The van der Waals surface area contributed by atoms with Crippen LogP contribution in [0.15, 0.2) is 46.1 Å². The number of nitrogens with one attached hydrogen (secondary N) is 1. The fourth-order valence-corrected chi connectivity index (χ4v) is 4.39. The second-order valence-electron chi connectivity index (χ2n) is 8.06. The van der Waals surface area contributed by atoms with Crippen LogP contribution in [0, 0.1) is 5.82 Å². The van der Waals surface area contributed by atoms with Crippen LogP contribution >= 0.6 is 0 Å². The van der Waals surface area contributed by atoms with Gasteiger partial charge in [0, 0.05) is 71.0 Å². The lowest BCUT2D eigenvalue weighted by Gasteiger charge is -2.40. The molecule has 1 aromatic heterocycles. The number of halogens is 1. The van der Waals surface area contributed by atoms with E-state index in [0.29, 0.717) is 19.8 Å². The highest BCUT2D eigenvalue weighted by molar-refractivity contribution is 5.80. The molecule has 162 valence electrons. The first-order valence-corrected chi connectivity index (χ1v) is 10.6. The van der Waals surface area contributed by atoms with Gasteiger partial charge in [-0.25, -0.2) is 4.39 Å². The van der Waals surface area contributed by atoms with E-state index in [9.17, 15) is 4.39 Å². The van der Waals surface area contributed by atoms with Gasteiger partial charge in [0.05, 0.1) is 5.69 Å². The van der Waals surface area contributed by atoms with Gasteiger partial charge < -0.3 is 19.5 Å². The minimum absolute atomic E-state index is 0.148. The van der Waals surface area contributed by atoms with E-state index in [-0.39, 0.29) is 11.2 Å². The predicted octanol–water partition coefficient (Wildman–Crippen LogP) is 2.26. The van der Waals surface area contributed by atoms with Crippen molar-refractivity contribution in [1.29, 1.82) is 0 Å². The third-order valence-corrected chi connectivity index (χ3v) is 6.23. The summed E-state index contributed by atoms with van der Waals surface area (Å²) >= 11 is 0. The van der Waals surface area contributed by atoms with Crippen molar-refractivity contribution in [1.82, 2.24) is 20.3 Å². The van der Waals surface area contributed by atoms with Crippen LogP contribution in [-0.4, -0.2) is 73.9 Å². The van der Waals surface area contributed by atoms with Crippen LogP contribution in [0.3, 0.4) is 0 Å².